The van der Waals surface area contributed by atoms with Crippen LogP contribution in [0.5, 0.6) is 0 Å². The van der Waals surface area contributed by atoms with E-state index in [1.807, 2.05) is 44.2 Å². The van der Waals surface area contributed by atoms with Gasteiger partial charge in [0.25, 0.3) is 5.91 Å². The van der Waals surface area contributed by atoms with Gasteiger partial charge in [0.15, 0.2) is 5.16 Å². The monoisotopic (exact) mass is 404 g/mol. The Morgan fingerprint density at radius 3 is 2.56 bits per heavy atom. The number of benzene rings is 1. The van der Waals surface area contributed by atoms with Crippen molar-refractivity contribution in [1.29, 1.82) is 0 Å². The number of aromatic nitrogens is 2. The second kappa shape index (κ2) is 9.42. The van der Waals surface area contributed by atoms with Crippen LogP contribution < -0.4 is 10.2 Å². The van der Waals surface area contributed by atoms with Crippen LogP contribution in [-0.4, -0.2) is 35.0 Å². The highest BCUT2D eigenvalue weighted by molar-refractivity contribution is 7.98. The average Bonchev–Trinajstić information content (AvgIpc) is 2.66. The molecule has 0 radical (unpaired) electrons. The Balaban J connectivity index is 1.62. The summed E-state index contributed by atoms with van der Waals surface area (Å²) >= 11 is 7.77. The normalized spacial score (nSPS) is 14.4. The van der Waals surface area contributed by atoms with Crippen molar-refractivity contribution in [2.24, 2.45) is 0 Å². The van der Waals surface area contributed by atoms with E-state index < -0.39 is 0 Å². The summed E-state index contributed by atoms with van der Waals surface area (Å²) in [5.41, 5.74) is 1.79. The third kappa shape index (κ3) is 5.84. The third-order valence-corrected chi connectivity index (χ3v) is 5.46. The van der Waals surface area contributed by atoms with Gasteiger partial charge in [-0.2, -0.15) is 0 Å². The minimum absolute atomic E-state index is 0.0476. The molecule has 1 amide bonds. The minimum Gasteiger partial charge on any atom is -0.356 e. The first-order chi connectivity index (χ1) is 13.0. The smallest absolute Gasteiger partial charge is 0.251 e. The van der Waals surface area contributed by atoms with Gasteiger partial charge in [-0.05, 0) is 50.8 Å². The molecule has 0 aliphatic carbocycles. The molecule has 0 saturated carbocycles. The van der Waals surface area contributed by atoms with E-state index in [0.717, 1.165) is 30.2 Å². The Hall–Kier alpha value is -1.79. The maximum atomic E-state index is 12.0. The number of carbonyl (C=O) groups excluding carboxylic acids is 1. The van der Waals surface area contributed by atoms with E-state index in [0.29, 0.717) is 15.9 Å². The van der Waals surface area contributed by atoms with Crippen molar-refractivity contribution < 1.29 is 4.79 Å². The van der Waals surface area contributed by atoms with E-state index in [9.17, 15) is 4.79 Å². The fourth-order valence-electron chi connectivity index (χ4n) is 2.98. The number of nitrogens with one attached hydrogen (secondary N) is 1. The molecule has 1 N–H and O–H groups in total. The predicted octanol–water partition coefficient (Wildman–Crippen LogP) is 4.55. The quantitative estimate of drug-likeness (QED) is 0.434. The Bertz CT molecular complexity index is 776. The first-order valence-corrected chi connectivity index (χ1v) is 10.7. The van der Waals surface area contributed by atoms with Gasteiger partial charge < -0.3 is 10.2 Å². The number of piperidine rings is 1. The van der Waals surface area contributed by atoms with E-state index in [2.05, 4.69) is 20.2 Å². The molecule has 0 spiro atoms. The lowest BCUT2D eigenvalue weighted by Gasteiger charge is -2.27. The van der Waals surface area contributed by atoms with Gasteiger partial charge in [0.2, 0.25) is 0 Å². The molecular formula is C20H25ClN4OS. The fourth-order valence-corrected chi connectivity index (χ4v) is 4.02. The van der Waals surface area contributed by atoms with Gasteiger partial charge in [-0.1, -0.05) is 35.5 Å². The summed E-state index contributed by atoms with van der Waals surface area (Å²) in [4.78, 5) is 23.3. The van der Waals surface area contributed by atoms with E-state index in [1.54, 1.807) is 11.8 Å². The molecule has 1 saturated heterocycles. The van der Waals surface area contributed by atoms with Crippen molar-refractivity contribution in [2.75, 3.05) is 18.0 Å². The van der Waals surface area contributed by atoms with Crippen LogP contribution in [-0.2, 0) is 5.75 Å². The molecule has 0 unspecified atom stereocenters. The highest BCUT2D eigenvalue weighted by atomic mass is 35.5. The second-order valence-electron chi connectivity index (χ2n) is 6.99. The van der Waals surface area contributed by atoms with Crippen molar-refractivity contribution in [3.63, 3.8) is 0 Å². The molecule has 2 heterocycles. The highest BCUT2D eigenvalue weighted by Gasteiger charge is 2.14. The number of hydrogen-bond donors (Lipinski definition) is 1. The van der Waals surface area contributed by atoms with Crippen LogP contribution in [0, 0.1) is 0 Å². The first-order valence-electron chi connectivity index (χ1n) is 9.33. The Morgan fingerprint density at radius 2 is 1.89 bits per heavy atom. The molecular weight excluding hydrogens is 380 g/mol. The van der Waals surface area contributed by atoms with Crippen LogP contribution in [0.15, 0.2) is 35.5 Å². The van der Waals surface area contributed by atoms with Crippen LogP contribution in [0.25, 0.3) is 0 Å². The van der Waals surface area contributed by atoms with Gasteiger partial charge in [-0.25, -0.2) is 9.97 Å². The summed E-state index contributed by atoms with van der Waals surface area (Å²) in [6, 6.07) is 9.62. The van der Waals surface area contributed by atoms with Gasteiger partial charge in [-0.3, -0.25) is 4.79 Å². The molecule has 1 aromatic heterocycles. The molecule has 27 heavy (non-hydrogen) atoms. The standard InChI is InChI=1S/C20H25ClN4OS/c1-14(2)22-19(26)16-8-6-15(7-9-16)13-27-20-23-17(21)12-18(24-20)25-10-4-3-5-11-25/h6-9,12,14H,3-5,10-11,13H2,1-2H3,(H,22,26). The fraction of sp³-hybridized carbons (Fsp3) is 0.450. The summed E-state index contributed by atoms with van der Waals surface area (Å²) in [5, 5.41) is 4.06. The maximum Gasteiger partial charge on any atom is 0.251 e. The summed E-state index contributed by atoms with van der Waals surface area (Å²) in [6.45, 7) is 5.95. The molecule has 144 valence electrons. The molecule has 5 nitrogen and oxygen atoms in total. The summed E-state index contributed by atoms with van der Waals surface area (Å²) in [7, 11) is 0. The van der Waals surface area contributed by atoms with Crippen molar-refractivity contribution in [2.45, 2.75) is 50.1 Å². The Morgan fingerprint density at radius 1 is 1.19 bits per heavy atom. The molecule has 1 aromatic carbocycles. The van der Waals surface area contributed by atoms with Crippen molar-refractivity contribution in [1.82, 2.24) is 15.3 Å². The van der Waals surface area contributed by atoms with Gasteiger partial charge in [-0.15, -0.1) is 0 Å². The van der Waals surface area contributed by atoms with Gasteiger partial charge >= 0.3 is 0 Å². The lowest BCUT2D eigenvalue weighted by molar-refractivity contribution is 0.0943. The van der Waals surface area contributed by atoms with Crippen LogP contribution in [0.1, 0.15) is 49.0 Å². The van der Waals surface area contributed by atoms with E-state index in [4.69, 9.17) is 11.6 Å². The largest absolute Gasteiger partial charge is 0.356 e. The Kier molecular flexibility index (Phi) is 6.96. The summed E-state index contributed by atoms with van der Waals surface area (Å²) in [6.07, 6.45) is 3.67. The molecule has 3 rings (SSSR count). The third-order valence-electron chi connectivity index (χ3n) is 4.34. The summed E-state index contributed by atoms with van der Waals surface area (Å²) < 4.78 is 0. The zero-order chi connectivity index (χ0) is 19.2. The van der Waals surface area contributed by atoms with Crippen LogP contribution in [0.3, 0.4) is 0 Å². The van der Waals surface area contributed by atoms with Gasteiger partial charge in [0.05, 0.1) is 0 Å². The molecule has 2 aromatic rings. The summed E-state index contributed by atoms with van der Waals surface area (Å²) in [5.74, 6) is 1.60. The zero-order valence-electron chi connectivity index (χ0n) is 15.7. The number of thioether (sulfide) groups is 1. The van der Waals surface area contributed by atoms with Crippen molar-refractivity contribution in [3.8, 4) is 0 Å². The Labute approximate surface area is 169 Å². The average molecular weight is 405 g/mol. The number of nitrogens with zero attached hydrogens (tertiary/aromatic N) is 3. The highest BCUT2D eigenvalue weighted by Crippen LogP contribution is 2.26. The minimum atomic E-state index is -0.0476. The lowest BCUT2D eigenvalue weighted by Crippen LogP contribution is -2.30. The van der Waals surface area contributed by atoms with Crippen molar-refractivity contribution >= 4 is 35.1 Å². The molecule has 1 fully saturated rings. The number of halogens is 1. The van der Waals surface area contributed by atoms with Gasteiger partial charge in [0, 0.05) is 36.5 Å². The van der Waals surface area contributed by atoms with Crippen LogP contribution in [0.4, 0.5) is 5.82 Å². The van der Waals surface area contributed by atoms with E-state index >= 15 is 0 Å². The number of carbonyl (C=O) groups is 1. The zero-order valence-corrected chi connectivity index (χ0v) is 17.3. The van der Waals surface area contributed by atoms with Gasteiger partial charge in [0.1, 0.15) is 11.0 Å². The van der Waals surface area contributed by atoms with E-state index in [-0.39, 0.29) is 11.9 Å². The SMILES string of the molecule is CC(C)NC(=O)c1ccc(CSc2nc(Cl)cc(N3CCCCC3)n2)cc1. The molecule has 1 aliphatic rings. The lowest BCUT2D eigenvalue weighted by atomic mass is 10.1. The second-order valence-corrected chi connectivity index (χ2v) is 8.32. The van der Waals surface area contributed by atoms with Crippen LogP contribution >= 0.6 is 23.4 Å². The first kappa shape index (κ1) is 20.0. The van der Waals surface area contributed by atoms with E-state index in [1.165, 1.54) is 19.3 Å². The number of rotatable bonds is 6. The number of amides is 1. The molecule has 0 bridgehead atoms. The van der Waals surface area contributed by atoms with Crippen LogP contribution in [0.2, 0.25) is 5.15 Å². The topological polar surface area (TPSA) is 58.1 Å². The predicted molar refractivity (Wildman–Crippen MR) is 112 cm³/mol. The number of hydrogen-bond acceptors (Lipinski definition) is 5. The molecule has 7 heteroatoms. The molecule has 0 atom stereocenters. The number of anilines is 1. The molecule has 1 aliphatic heterocycles. The van der Waals surface area contributed by atoms with Crippen molar-refractivity contribution in [3.05, 3.63) is 46.6 Å². The maximum absolute atomic E-state index is 12.0.